The minimum Gasteiger partial charge on any atom is -0.337 e. The van der Waals surface area contributed by atoms with Gasteiger partial charge in [-0.3, -0.25) is 0 Å². The predicted molar refractivity (Wildman–Crippen MR) is 99.3 cm³/mol. The van der Waals surface area contributed by atoms with Gasteiger partial charge in [-0.2, -0.15) is 13.2 Å². The molecular weight excluding hydrogens is 370 g/mol. The molecule has 1 aromatic carbocycles. The molecule has 28 heavy (non-hydrogen) atoms. The van der Waals surface area contributed by atoms with Crippen LogP contribution in [-0.4, -0.2) is 22.6 Å². The lowest BCUT2D eigenvalue weighted by Gasteiger charge is -2.39. The molecule has 2 bridgehead atoms. The Kier molecular flexibility index (Phi) is 4.21. The Hall–Kier alpha value is -2.18. The van der Waals surface area contributed by atoms with Gasteiger partial charge in [0.1, 0.15) is 5.82 Å². The number of rotatable bonds is 2. The van der Waals surface area contributed by atoms with E-state index in [2.05, 4.69) is 30.7 Å². The van der Waals surface area contributed by atoms with Crippen molar-refractivity contribution >= 4 is 5.95 Å². The third-order valence-corrected chi connectivity index (χ3v) is 5.82. The quantitative estimate of drug-likeness (QED) is 0.612. The molecule has 150 valence electrons. The van der Waals surface area contributed by atoms with Crippen LogP contribution in [0.2, 0.25) is 0 Å². The van der Waals surface area contributed by atoms with E-state index in [1.165, 1.54) is 24.3 Å². The van der Waals surface area contributed by atoms with Gasteiger partial charge in [-0.15, -0.1) is 0 Å². The van der Waals surface area contributed by atoms with Crippen LogP contribution in [0.1, 0.15) is 45.7 Å². The van der Waals surface area contributed by atoms with Gasteiger partial charge < -0.3 is 4.90 Å². The molecule has 1 aliphatic heterocycles. The fraction of sp³-hybridized carbons (Fsp3) is 0.524. The van der Waals surface area contributed by atoms with E-state index in [1.54, 1.807) is 0 Å². The Bertz CT molecular complexity index is 892. The molecular formula is C21H23F4N3. The number of benzene rings is 1. The van der Waals surface area contributed by atoms with Crippen molar-refractivity contribution < 1.29 is 17.6 Å². The third-order valence-electron chi connectivity index (χ3n) is 5.82. The van der Waals surface area contributed by atoms with Crippen molar-refractivity contribution in [3.8, 4) is 11.3 Å². The molecule has 0 spiro atoms. The molecule has 1 saturated carbocycles. The second kappa shape index (κ2) is 6.16. The van der Waals surface area contributed by atoms with Crippen LogP contribution < -0.4 is 4.90 Å². The summed E-state index contributed by atoms with van der Waals surface area (Å²) in [6.07, 6.45) is -1.72. The minimum atomic E-state index is -4.58. The zero-order chi connectivity index (χ0) is 20.3. The summed E-state index contributed by atoms with van der Waals surface area (Å²) in [4.78, 5) is 10.3. The molecule has 2 atom stereocenters. The number of alkyl halides is 3. The molecule has 4 rings (SSSR count). The molecule has 0 amide bonds. The number of hydrogen-bond acceptors (Lipinski definition) is 3. The van der Waals surface area contributed by atoms with Gasteiger partial charge in [0.05, 0.1) is 5.69 Å². The number of nitrogens with zero attached hydrogens (tertiary/aromatic N) is 3. The molecule has 2 fully saturated rings. The standard InChI is InChI=1S/C21H23F4N3/c1-19(2)9-15-10-20(3,11-19)12-28(15)18-26-16(8-17(27-18)21(23,24)25)13-4-6-14(22)7-5-13/h4-8,15H,9-12H2,1-3H3/t15-,20+/m0/s1. The Labute approximate surface area is 161 Å². The summed E-state index contributed by atoms with van der Waals surface area (Å²) in [7, 11) is 0. The molecule has 1 aromatic heterocycles. The van der Waals surface area contributed by atoms with Gasteiger partial charge in [0.2, 0.25) is 5.95 Å². The molecule has 0 radical (unpaired) electrons. The Morgan fingerprint density at radius 2 is 1.71 bits per heavy atom. The SMILES string of the molecule is CC1(C)C[C@H]2C[C@@](C)(CN2c2nc(-c3ccc(F)cc3)cc(C(F)(F)F)n2)C1. The van der Waals surface area contributed by atoms with E-state index >= 15 is 0 Å². The molecule has 2 aliphatic rings. The molecule has 1 aliphatic carbocycles. The lowest BCUT2D eigenvalue weighted by Crippen LogP contribution is -2.35. The minimum absolute atomic E-state index is 0.0417. The number of hydrogen-bond donors (Lipinski definition) is 0. The first-order valence-corrected chi connectivity index (χ1v) is 9.43. The van der Waals surface area contributed by atoms with Crippen LogP contribution >= 0.6 is 0 Å². The Balaban J connectivity index is 1.79. The lowest BCUT2D eigenvalue weighted by atomic mass is 9.65. The average molecular weight is 393 g/mol. The van der Waals surface area contributed by atoms with Gasteiger partial charge in [-0.05, 0) is 60.4 Å². The van der Waals surface area contributed by atoms with Crippen LogP contribution in [0.15, 0.2) is 30.3 Å². The van der Waals surface area contributed by atoms with Gasteiger partial charge in [-0.25, -0.2) is 14.4 Å². The van der Waals surface area contributed by atoms with Crippen LogP contribution in [-0.2, 0) is 6.18 Å². The molecule has 2 aromatic rings. The van der Waals surface area contributed by atoms with Gasteiger partial charge in [0.25, 0.3) is 0 Å². The van der Waals surface area contributed by atoms with Crippen molar-refractivity contribution in [2.75, 3.05) is 11.4 Å². The predicted octanol–water partition coefficient (Wildman–Crippen LogP) is 5.71. The summed E-state index contributed by atoms with van der Waals surface area (Å²) in [5.74, 6) is -0.335. The normalized spacial score (nSPS) is 26.5. The fourth-order valence-electron chi connectivity index (χ4n) is 5.17. The molecule has 3 nitrogen and oxygen atoms in total. The van der Waals surface area contributed by atoms with Crippen LogP contribution in [0, 0.1) is 16.6 Å². The summed E-state index contributed by atoms with van der Waals surface area (Å²) < 4.78 is 53.8. The highest BCUT2D eigenvalue weighted by atomic mass is 19.4. The van der Waals surface area contributed by atoms with Crippen molar-refractivity contribution in [2.24, 2.45) is 10.8 Å². The highest BCUT2D eigenvalue weighted by Crippen LogP contribution is 2.53. The largest absolute Gasteiger partial charge is 0.433 e. The first-order chi connectivity index (χ1) is 12.9. The number of fused-ring (bicyclic) bond motifs is 2. The first-order valence-electron chi connectivity index (χ1n) is 9.43. The van der Waals surface area contributed by atoms with E-state index in [0.717, 1.165) is 25.3 Å². The van der Waals surface area contributed by atoms with Crippen LogP contribution in [0.5, 0.6) is 0 Å². The Morgan fingerprint density at radius 1 is 1.04 bits per heavy atom. The van der Waals surface area contributed by atoms with Crippen molar-refractivity contribution in [2.45, 2.75) is 52.3 Å². The fourth-order valence-corrected chi connectivity index (χ4v) is 5.17. The summed E-state index contributed by atoms with van der Waals surface area (Å²) in [6.45, 7) is 7.25. The summed E-state index contributed by atoms with van der Waals surface area (Å²) in [6, 6.07) is 6.37. The first kappa shape index (κ1) is 19.2. The lowest BCUT2D eigenvalue weighted by molar-refractivity contribution is -0.141. The number of anilines is 1. The third kappa shape index (κ3) is 3.59. The van der Waals surface area contributed by atoms with Crippen LogP contribution in [0.4, 0.5) is 23.5 Å². The highest BCUT2D eigenvalue weighted by Gasteiger charge is 2.50. The maximum atomic E-state index is 13.5. The van der Waals surface area contributed by atoms with E-state index < -0.39 is 17.7 Å². The van der Waals surface area contributed by atoms with Crippen molar-refractivity contribution in [1.29, 1.82) is 0 Å². The smallest absolute Gasteiger partial charge is 0.337 e. The molecule has 0 N–H and O–H groups in total. The monoisotopic (exact) mass is 393 g/mol. The zero-order valence-corrected chi connectivity index (χ0v) is 16.1. The van der Waals surface area contributed by atoms with E-state index in [-0.39, 0.29) is 28.5 Å². The molecule has 7 heteroatoms. The van der Waals surface area contributed by atoms with Gasteiger partial charge in [-0.1, -0.05) is 20.8 Å². The maximum Gasteiger partial charge on any atom is 0.433 e. The molecule has 0 unspecified atom stereocenters. The maximum absolute atomic E-state index is 13.5. The molecule has 2 heterocycles. The topological polar surface area (TPSA) is 29.0 Å². The van der Waals surface area contributed by atoms with Crippen molar-refractivity contribution in [1.82, 2.24) is 9.97 Å². The highest BCUT2D eigenvalue weighted by molar-refractivity contribution is 5.61. The summed E-state index contributed by atoms with van der Waals surface area (Å²) in [5.41, 5.74) is -0.205. The van der Waals surface area contributed by atoms with E-state index in [4.69, 9.17) is 0 Å². The van der Waals surface area contributed by atoms with E-state index in [9.17, 15) is 17.6 Å². The van der Waals surface area contributed by atoms with Gasteiger partial charge >= 0.3 is 6.18 Å². The second-order valence-corrected chi connectivity index (χ2v) is 9.28. The Morgan fingerprint density at radius 3 is 2.36 bits per heavy atom. The summed E-state index contributed by atoms with van der Waals surface area (Å²) >= 11 is 0. The second-order valence-electron chi connectivity index (χ2n) is 9.28. The van der Waals surface area contributed by atoms with Crippen LogP contribution in [0.25, 0.3) is 11.3 Å². The number of halogens is 4. The van der Waals surface area contributed by atoms with E-state index in [0.29, 0.717) is 12.1 Å². The summed E-state index contributed by atoms with van der Waals surface area (Å²) in [5, 5.41) is 0. The van der Waals surface area contributed by atoms with Gasteiger partial charge in [0.15, 0.2) is 5.69 Å². The molecule has 1 saturated heterocycles. The average Bonchev–Trinajstić information content (AvgIpc) is 2.83. The number of aromatic nitrogens is 2. The van der Waals surface area contributed by atoms with Crippen molar-refractivity contribution in [3.05, 3.63) is 41.8 Å². The van der Waals surface area contributed by atoms with Gasteiger partial charge in [0, 0.05) is 18.2 Å². The zero-order valence-electron chi connectivity index (χ0n) is 16.1. The van der Waals surface area contributed by atoms with Crippen molar-refractivity contribution in [3.63, 3.8) is 0 Å². The van der Waals surface area contributed by atoms with E-state index in [1.807, 2.05) is 4.90 Å². The van der Waals surface area contributed by atoms with Crippen LogP contribution in [0.3, 0.4) is 0 Å².